The number of rotatable bonds is 5. The summed E-state index contributed by atoms with van der Waals surface area (Å²) in [6.45, 7) is 4.67. The maximum absolute atomic E-state index is 5.97. The largest absolute Gasteiger partial charge is 0.493 e. The van der Waals surface area contributed by atoms with Crippen LogP contribution >= 0.6 is 0 Å². The van der Waals surface area contributed by atoms with Gasteiger partial charge >= 0.3 is 0 Å². The molecule has 0 N–H and O–H groups in total. The quantitative estimate of drug-likeness (QED) is 0.432. The highest BCUT2D eigenvalue weighted by atomic mass is 16.5. The van der Waals surface area contributed by atoms with Crippen LogP contribution in [-0.2, 0) is 0 Å². The number of furan rings is 1. The molecule has 0 spiro atoms. The van der Waals surface area contributed by atoms with Crippen LogP contribution in [0.5, 0.6) is 11.5 Å². The van der Waals surface area contributed by atoms with Crippen molar-refractivity contribution in [3.63, 3.8) is 0 Å². The number of hydrogen-bond donors (Lipinski definition) is 0. The van der Waals surface area contributed by atoms with Gasteiger partial charge < -0.3 is 18.8 Å². The van der Waals surface area contributed by atoms with Crippen LogP contribution in [0.4, 0.5) is 11.4 Å². The van der Waals surface area contributed by atoms with Crippen LogP contribution < -0.4 is 14.4 Å². The van der Waals surface area contributed by atoms with Crippen LogP contribution in [0.3, 0.4) is 0 Å². The minimum atomic E-state index is 0.606. The third-order valence-corrected chi connectivity index (χ3v) is 4.83. The lowest BCUT2D eigenvalue weighted by molar-refractivity contribution is 0.311. The summed E-state index contributed by atoms with van der Waals surface area (Å²) < 4.78 is 17.1. The summed E-state index contributed by atoms with van der Waals surface area (Å²) in [5.41, 5.74) is 5.15. The number of hydrogen-bond acceptors (Lipinski definition) is 4. The van der Waals surface area contributed by atoms with Gasteiger partial charge in [-0.15, -0.1) is 0 Å². The van der Waals surface area contributed by atoms with Gasteiger partial charge in [-0.05, 0) is 56.3 Å². The number of aryl methyl sites for hydroxylation is 1. The Morgan fingerprint density at radius 2 is 1.52 bits per heavy atom. The Bertz CT molecular complexity index is 1110. The van der Waals surface area contributed by atoms with Crippen molar-refractivity contribution in [1.29, 1.82) is 0 Å². The van der Waals surface area contributed by atoms with Gasteiger partial charge in [-0.3, -0.25) is 0 Å². The van der Waals surface area contributed by atoms with Gasteiger partial charge in [0.15, 0.2) is 11.5 Å². The fraction of sp³-hybridized carbons (Fsp3) is 0.217. The molecular weight excluding hydrogens is 338 g/mol. The molecule has 4 heteroatoms. The minimum Gasteiger partial charge on any atom is -0.493 e. The Morgan fingerprint density at radius 3 is 2.26 bits per heavy atom. The third kappa shape index (κ3) is 3.08. The first kappa shape index (κ1) is 17.3. The third-order valence-electron chi connectivity index (χ3n) is 4.83. The molecule has 4 aromatic rings. The van der Waals surface area contributed by atoms with Gasteiger partial charge in [0, 0.05) is 35.3 Å². The van der Waals surface area contributed by atoms with Gasteiger partial charge in [0.2, 0.25) is 0 Å². The minimum absolute atomic E-state index is 0.606. The molecule has 0 aliphatic rings. The standard InChI is InChI=1S/C23H23NO3/c1-5-26-22-11-8-17(14-23(22)25-4)24(3)16-7-10-21-19(13-16)18-12-15(2)6-9-20(18)27-21/h6-14H,5H2,1-4H3. The summed E-state index contributed by atoms with van der Waals surface area (Å²) >= 11 is 0. The predicted octanol–water partition coefficient (Wildman–Crippen LogP) is 6.07. The van der Waals surface area contributed by atoms with E-state index in [1.165, 1.54) is 5.56 Å². The number of methoxy groups -OCH3 is 1. The number of benzene rings is 3. The maximum Gasteiger partial charge on any atom is 0.162 e. The van der Waals surface area contributed by atoms with Gasteiger partial charge in [0.25, 0.3) is 0 Å². The zero-order valence-electron chi connectivity index (χ0n) is 16.1. The van der Waals surface area contributed by atoms with E-state index < -0.39 is 0 Å². The average Bonchev–Trinajstić information content (AvgIpc) is 3.05. The van der Waals surface area contributed by atoms with E-state index >= 15 is 0 Å². The van der Waals surface area contributed by atoms with E-state index in [1.54, 1.807) is 7.11 Å². The van der Waals surface area contributed by atoms with E-state index in [0.717, 1.165) is 44.8 Å². The first-order chi connectivity index (χ1) is 13.1. The molecule has 1 aromatic heterocycles. The van der Waals surface area contributed by atoms with Crippen molar-refractivity contribution in [2.24, 2.45) is 0 Å². The molecule has 0 bridgehead atoms. The van der Waals surface area contributed by atoms with E-state index in [4.69, 9.17) is 13.9 Å². The Hall–Kier alpha value is -3.14. The highest BCUT2D eigenvalue weighted by Gasteiger charge is 2.13. The zero-order valence-corrected chi connectivity index (χ0v) is 16.1. The highest BCUT2D eigenvalue weighted by Crippen LogP contribution is 2.36. The molecule has 4 nitrogen and oxygen atoms in total. The molecule has 0 aliphatic heterocycles. The smallest absolute Gasteiger partial charge is 0.162 e. The number of fused-ring (bicyclic) bond motifs is 3. The second kappa shape index (κ2) is 6.88. The first-order valence-electron chi connectivity index (χ1n) is 9.08. The highest BCUT2D eigenvalue weighted by molar-refractivity contribution is 6.06. The summed E-state index contributed by atoms with van der Waals surface area (Å²) in [5.74, 6) is 1.48. The number of ether oxygens (including phenoxy) is 2. The van der Waals surface area contributed by atoms with E-state index in [2.05, 4.69) is 36.1 Å². The topological polar surface area (TPSA) is 34.8 Å². The van der Waals surface area contributed by atoms with E-state index in [0.29, 0.717) is 6.61 Å². The van der Waals surface area contributed by atoms with E-state index in [1.807, 2.05) is 44.3 Å². The van der Waals surface area contributed by atoms with Gasteiger partial charge in [0.05, 0.1) is 13.7 Å². The van der Waals surface area contributed by atoms with Crippen molar-refractivity contribution >= 4 is 33.3 Å². The number of anilines is 2. The van der Waals surface area contributed by atoms with Crippen molar-refractivity contribution in [2.45, 2.75) is 13.8 Å². The zero-order chi connectivity index (χ0) is 19.0. The molecule has 4 rings (SSSR count). The molecule has 138 valence electrons. The van der Waals surface area contributed by atoms with Crippen LogP contribution in [0.15, 0.2) is 59.0 Å². The lowest BCUT2D eigenvalue weighted by Gasteiger charge is -2.21. The first-order valence-corrected chi connectivity index (χ1v) is 9.08. The average molecular weight is 361 g/mol. The predicted molar refractivity (Wildman–Crippen MR) is 111 cm³/mol. The maximum atomic E-state index is 5.97. The second-order valence-electron chi connectivity index (χ2n) is 6.61. The molecule has 1 heterocycles. The molecule has 0 atom stereocenters. The molecule has 0 fully saturated rings. The molecule has 0 aliphatic carbocycles. The molecule has 0 saturated heterocycles. The van der Waals surface area contributed by atoms with Crippen molar-refractivity contribution in [3.8, 4) is 11.5 Å². The monoisotopic (exact) mass is 361 g/mol. The summed E-state index contributed by atoms with van der Waals surface area (Å²) in [6.07, 6.45) is 0. The van der Waals surface area contributed by atoms with Crippen molar-refractivity contribution in [3.05, 3.63) is 60.2 Å². The Balaban J connectivity index is 1.77. The molecule has 3 aromatic carbocycles. The summed E-state index contributed by atoms with van der Waals surface area (Å²) in [5, 5.41) is 2.26. The SMILES string of the molecule is CCOc1ccc(N(C)c2ccc3oc4ccc(C)cc4c3c2)cc1OC. The lowest BCUT2D eigenvalue weighted by atomic mass is 10.1. The van der Waals surface area contributed by atoms with E-state index in [-0.39, 0.29) is 0 Å². The second-order valence-corrected chi connectivity index (χ2v) is 6.61. The fourth-order valence-corrected chi connectivity index (χ4v) is 3.38. The molecule has 27 heavy (non-hydrogen) atoms. The molecular formula is C23H23NO3. The Morgan fingerprint density at radius 1 is 0.852 bits per heavy atom. The van der Waals surface area contributed by atoms with Gasteiger partial charge in [-0.25, -0.2) is 0 Å². The van der Waals surface area contributed by atoms with Crippen molar-refractivity contribution in [1.82, 2.24) is 0 Å². The molecule has 0 saturated carbocycles. The Labute approximate surface area is 158 Å². The van der Waals surface area contributed by atoms with Gasteiger partial charge in [0.1, 0.15) is 11.2 Å². The Kier molecular flexibility index (Phi) is 4.40. The van der Waals surface area contributed by atoms with Crippen LogP contribution in [0.25, 0.3) is 21.9 Å². The van der Waals surface area contributed by atoms with Crippen LogP contribution in [0.2, 0.25) is 0 Å². The summed E-state index contributed by atoms with van der Waals surface area (Å²) in [6, 6.07) is 18.5. The van der Waals surface area contributed by atoms with E-state index in [9.17, 15) is 0 Å². The van der Waals surface area contributed by atoms with Crippen LogP contribution in [0, 0.1) is 6.92 Å². The van der Waals surface area contributed by atoms with Crippen LogP contribution in [0.1, 0.15) is 12.5 Å². The number of nitrogens with zero attached hydrogens (tertiary/aromatic N) is 1. The van der Waals surface area contributed by atoms with Gasteiger partial charge in [-0.1, -0.05) is 11.6 Å². The van der Waals surface area contributed by atoms with Crippen LogP contribution in [-0.4, -0.2) is 20.8 Å². The van der Waals surface area contributed by atoms with Gasteiger partial charge in [-0.2, -0.15) is 0 Å². The summed E-state index contributed by atoms with van der Waals surface area (Å²) in [7, 11) is 3.71. The molecule has 0 amide bonds. The van der Waals surface area contributed by atoms with Crippen molar-refractivity contribution in [2.75, 3.05) is 25.7 Å². The molecule has 0 radical (unpaired) electrons. The molecule has 0 unspecified atom stereocenters. The lowest BCUT2D eigenvalue weighted by Crippen LogP contribution is -2.09. The van der Waals surface area contributed by atoms with Crippen molar-refractivity contribution < 1.29 is 13.9 Å². The summed E-state index contributed by atoms with van der Waals surface area (Å²) in [4.78, 5) is 2.13. The fourth-order valence-electron chi connectivity index (χ4n) is 3.38. The normalized spacial score (nSPS) is 11.1.